The first-order valence-electron chi connectivity index (χ1n) is 7.56. The van der Waals surface area contributed by atoms with Crippen LogP contribution in [0.25, 0.3) is 6.08 Å². The third kappa shape index (κ3) is 2.66. The summed E-state index contributed by atoms with van der Waals surface area (Å²) in [5.74, 6) is -1.55. The van der Waals surface area contributed by atoms with Crippen molar-refractivity contribution in [2.75, 3.05) is 0 Å². The number of benzene rings is 1. The van der Waals surface area contributed by atoms with Crippen LogP contribution in [0, 0.1) is 0 Å². The second-order valence-corrected chi connectivity index (χ2v) is 7.22. The highest BCUT2D eigenvalue weighted by molar-refractivity contribution is 6.32. The number of halogens is 4. The van der Waals surface area contributed by atoms with Crippen molar-refractivity contribution in [2.45, 2.75) is 50.8 Å². The fourth-order valence-corrected chi connectivity index (χ4v) is 4.08. The van der Waals surface area contributed by atoms with Gasteiger partial charge in [0.2, 0.25) is 6.10 Å². The van der Waals surface area contributed by atoms with Gasteiger partial charge in [-0.1, -0.05) is 25.4 Å². The molecule has 0 saturated carbocycles. The Morgan fingerprint density at radius 2 is 2.08 bits per heavy atom. The van der Waals surface area contributed by atoms with Crippen molar-refractivity contribution >= 4 is 23.6 Å². The van der Waals surface area contributed by atoms with Crippen LogP contribution in [0.2, 0.25) is 5.02 Å². The van der Waals surface area contributed by atoms with Gasteiger partial charge in [-0.05, 0) is 42.4 Å². The Balaban J connectivity index is 2.24. The summed E-state index contributed by atoms with van der Waals surface area (Å²) in [6.45, 7) is 3.98. The van der Waals surface area contributed by atoms with Crippen LogP contribution in [-0.4, -0.2) is 23.4 Å². The number of fused-ring (bicyclic) bond motifs is 3. The number of hydrogen-bond acceptors (Lipinski definition) is 2. The van der Waals surface area contributed by atoms with Crippen molar-refractivity contribution in [1.29, 1.82) is 0 Å². The summed E-state index contributed by atoms with van der Waals surface area (Å²) in [6.07, 6.45) is -4.02. The molecule has 24 heavy (non-hydrogen) atoms. The van der Waals surface area contributed by atoms with E-state index in [-0.39, 0.29) is 16.7 Å². The van der Waals surface area contributed by atoms with Crippen LogP contribution in [0.3, 0.4) is 0 Å². The largest absolute Gasteiger partial charge is 0.478 e. The van der Waals surface area contributed by atoms with Gasteiger partial charge in [0.1, 0.15) is 5.75 Å². The van der Waals surface area contributed by atoms with E-state index in [9.17, 15) is 18.0 Å². The maximum absolute atomic E-state index is 13.3. The van der Waals surface area contributed by atoms with E-state index in [0.717, 1.165) is 24.5 Å². The number of ether oxygens (including phenoxy) is 1. The second-order valence-electron chi connectivity index (χ2n) is 6.81. The molecule has 1 unspecified atom stereocenters. The molecule has 1 aliphatic carbocycles. The SMILES string of the molecule is CC1(C)CCCc2c3c(cc(Cl)c21)C=C(C(=O)O)C(C(F)(F)F)O3. The Hall–Kier alpha value is -1.69. The number of carboxylic acid groups (broad SMARTS) is 1. The predicted molar refractivity (Wildman–Crippen MR) is 83.5 cm³/mol. The maximum atomic E-state index is 13.3. The van der Waals surface area contributed by atoms with Crippen LogP contribution in [0.1, 0.15) is 43.4 Å². The summed E-state index contributed by atoms with van der Waals surface area (Å²) in [5.41, 5.74) is 0.634. The van der Waals surface area contributed by atoms with Gasteiger partial charge in [0.05, 0.1) is 5.57 Å². The molecular weight excluding hydrogens is 345 g/mol. The number of aliphatic carboxylic acids is 1. The first-order valence-corrected chi connectivity index (χ1v) is 7.94. The van der Waals surface area contributed by atoms with E-state index in [1.54, 1.807) is 0 Å². The van der Waals surface area contributed by atoms with E-state index in [2.05, 4.69) is 0 Å². The van der Waals surface area contributed by atoms with E-state index in [4.69, 9.17) is 21.4 Å². The summed E-state index contributed by atoms with van der Waals surface area (Å²) in [4.78, 5) is 11.2. The molecule has 0 spiro atoms. The lowest BCUT2D eigenvalue weighted by atomic mass is 9.71. The molecule has 2 aliphatic rings. The molecule has 0 bridgehead atoms. The Morgan fingerprint density at radius 1 is 1.42 bits per heavy atom. The number of rotatable bonds is 1. The molecule has 0 fully saturated rings. The molecule has 1 aromatic carbocycles. The van der Waals surface area contributed by atoms with Crippen molar-refractivity contribution in [3.8, 4) is 5.75 Å². The Bertz CT molecular complexity index is 750. The number of hydrogen-bond donors (Lipinski definition) is 1. The van der Waals surface area contributed by atoms with Crippen molar-refractivity contribution in [1.82, 2.24) is 0 Å². The van der Waals surface area contributed by atoms with E-state index < -0.39 is 23.8 Å². The average Bonchev–Trinajstić information content (AvgIpc) is 2.43. The lowest BCUT2D eigenvalue weighted by molar-refractivity contribution is -0.187. The fourth-order valence-electron chi connectivity index (χ4n) is 3.60. The predicted octanol–water partition coefficient (Wildman–Crippen LogP) is 4.75. The molecular formula is C17H16ClF3O3. The van der Waals surface area contributed by atoms with Crippen LogP contribution < -0.4 is 4.74 Å². The molecule has 7 heteroatoms. The minimum absolute atomic E-state index is 0.106. The van der Waals surface area contributed by atoms with Gasteiger partial charge in [-0.15, -0.1) is 0 Å². The van der Waals surface area contributed by atoms with Crippen LogP contribution in [-0.2, 0) is 16.6 Å². The Labute approximate surface area is 142 Å². The number of alkyl halides is 3. The second kappa shape index (κ2) is 5.41. The summed E-state index contributed by atoms with van der Waals surface area (Å²) in [6, 6.07) is 1.50. The minimum atomic E-state index is -4.81. The van der Waals surface area contributed by atoms with E-state index in [1.165, 1.54) is 6.07 Å². The summed E-state index contributed by atoms with van der Waals surface area (Å²) in [7, 11) is 0. The summed E-state index contributed by atoms with van der Waals surface area (Å²) >= 11 is 6.36. The summed E-state index contributed by atoms with van der Waals surface area (Å²) in [5, 5.41) is 9.54. The third-order valence-corrected chi connectivity index (χ3v) is 4.94. The van der Waals surface area contributed by atoms with Crippen molar-refractivity contribution in [3.05, 3.63) is 33.4 Å². The number of carbonyl (C=O) groups is 1. The molecule has 1 N–H and O–H groups in total. The van der Waals surface area contributed by atoms with Crippen LogP contribution >= 0.6 is 11.6 Å². The number of carboxylic acids is 1. The highest BCUT2D eigenvalue weighted by atomic mass is 35.5. The first-order chi connectivity index (χ1) is 11.0. The lowest BCUT2D eigenvalue weighted by Gasteiger charge is -2.37. The van der Waals surface area contributed by atoms with E-state index in [0.29, 0.717) is 17.0 Å². The van der Waals surface area contributed by atoms with Gasteiger partial charge >= 0.3 is 12.1 Å². The highest BCUT2D eigenvalue weighted by Crippen LogP contribution is 2.49. The van der Waals surface area contributed by atoms with Crippen LogP contribution in [0.15, 0.2) is 11.6 Å². The maximum Gasteiger partial charge on any atom is 0.430 e. The van der Waals surface area contributed by atoms with Gasteiger partial charge in [0.25, 0.3) is 0 Å². The van der Waals surface area contributed by atoms with Gasteiger partial charge in [-0.3, -0.25) is 0 Å². The minimum Gasteiger partial charge on any atom is -0.478 e. The molecule has 3 rings (SSSR count). The first kappa shape index (κ1) is 17.1. The quantitative estimate of drug-likeness (QED) is 0.786. The van der Waals surface area contributed by atoms with Crippen molar-refractivity contribution in [3.63, 3.8) is 0 Å². The van der Waals surface area contributed by atoms with E-state index in [1.807, 2.05) is 13.8 Å². The summed E-state index contributed by atoms with van der Waals surface area (Å²) < 4.78 is 44.9. The molecule has 1 atom stereocenters. The molecule has 1 aromatic rings. The van der Waals surface area contributed by atoms with Gasteiger partial charge in [-0.25, -0.2) is 4.79 Å². The van der Waals surface area contributed by atoms with Gasteiger partial charge < -0.3 is 9.84 Å². The molecule has 1 heterocycles. The average molecular weight is 361 g/mol. The topological polar surface area (TPSA) is 46.5 Å². The zero-order valence-corrected chi connectivity index (χ0v) is 13.9. The standard InChI is InChI=1S/C17H16ClF3O3/c1-16(2)5-3-4-9-12(16)11(18)7-8-6-10(15(22)23)14(17(19,20)21)24-13(8)9/h6-7,14H,3-5H2,1-2H3,(H,22,23). The smallest absolute Gasteiger partial charge is 0.430 e. The van der Waals surface area contributed by atoms with Crippen molar-refractivity contribution < 1.29 is 27.8 Å². The molecule has 1 aliphatic heterocycles. The third-order valence-electron chi connectivity index (χ3n) is 4.64. The van der Waals surface area contributed by atoms with Gasteiger partial charge in [0.15, 0.2) is 0 Å². The van der Waals surface area contributed by atoms with Gasteiger partial charge in [-0.2, -0.15) is 13.2 Å². The molecule has 0 amide bonds. The normalized spacial score (nSPS) is 22.1. The molecule has 0 aromatic heterocycles. The Kier molecular flexibility index (Phi) is 3.86. The van der Waals surface area contributed by atoms with Crippen LogP contribution in [0.4, 0.5) is 13.2 Å². The fraction of sp³-hybridized carbons (Fsp3) is 0.471. The zero-order valence-electron chi connectivity index (χ0n) is 13.1. The molecule has 3 nitrogen and oxygen atoms in total. The molecule has 0 saturated heterocycles. The highest BCUT2D eigenvalue weighted by Gasteiger charge is 2.49. The van der Waals surface area contributed by atoms with Crippen molar-refractivity contribution in [2.24, 2.45) is 0 Å². The molecule has 130 valence electrons. The van der Waals surface area contributed by atoms with E-state index >= 15 is 0 Å². The van der Waals surface area contributed by atoms with Gasteiger partial charge in [0, 0.05) is 16.1 Å². The lowest BCUT2D eigenvalue weighted by Crippen LogP contribution is -2.41. The monoisotopic (exact) mass is 360 g/mol. The van der Waals surface area contributed by atoms with Crippen LogP contribution in [0.5, 0.6) is 5.75 Å². The Morgan fingerprint density at radius 3 is 2.67 bits per heavy atom. The zero-order chi connectivity index (χ0) is 17.9. The molecule has 0 radical (unpaired) electrons.